The Kier molecular flexibility index (Phi) is 1.34. The monoisotopic (exact) mass is 153 g/mol. The van der Waals surface area contributed by atoms with Crippen molar-refractivity contribution < 1.29 is 5.11 Å². The summed E-state index contributed by atoms with van der Waals surface area (Å²) in [7, 11) is 0. The van der Waals surface area contributed by atoms with Gasteiger partial charge in [0.15, 0.2) is 0 Å². The van der Waals surface area contributed by atoms with E-state index in [1.54, 1.807) is 4.68 Å². The van der Waals surface area contributed by atoms with Gasteiger partial charge in [-0.1, -0.05) is 12.1 Å². The van der Waals surface area contributed by atoms with E-state index in [1.165, 1.54) is 0 Å². The van der Waals surface area contributed by atoms with E-state index >= 15 is 0 Å². The van der Waals surface area contributed by atoms with Gasteiger partial charge in [0.1, 0.15) is 5.69 Å². The summed E-state index contributed by atoms with van der Waals surface area (Å²) in [5.74, 6) is 0.259. The molecular weight excluding hydrogens is 142 g/mol. The van der Waals surface area contributed by atoms with Crippen LogP contribution in [0.25, 0.3) is 0 Å². The standard InChI is InChI=1S/C7H11N3O/c1-2-6-7(11)10(9-8-6)5-3-4-5/h5,11H,2-4H2,1H3. The molecule has 0 spiro atoms. The largest absolute Gasteiger partial charge is 0.492 e. The lowest BCUT2D eigenvalue weighted by Crippen LogP contribution is -1.94. The van der Waals surface area contributed by atoms with Crippen molar-refractivity contribution in [2.45, 2.75) is 32.2 Å². The molecule has 0 unspecified atom stereocenters. The number of hydrogen-bond acceptors (Lipinski definition) is 3. The van der Waals surface area contributed by atoms with Gasteiger partial charge in [0.2, 0.25) is 5.88 Å². The second-order valence-electron chi connectivity index (χ2n) is 2.89. The Hall–Kier alpha value is -1.06. The fraction of sp³-hybridized carbons (Fsp3) is 0.714. The zero-order valence-electron chi connectivity index (χ0n) is 6.49. The van der Waals surface area contributed by atoms with E-state index in [1.807, 2.05) is 6.92 Å². The first-order chi connectivity index (χ1) is 5.33. The highest BCUT2D eigenvalue weighted by atomic mass is 16.3. The molecule has 1 saturated carbocycles. The minimum absolute atomic E-state index is 0.259. The average molecular weight is 153 g/mol. The van der Waals surface area contributed by atoms with Gasteiger partial charge >= 0.3 is 0 Å². The minimum atomic E-state index is 0.259. The number of hydrogen-bond donors (Lipinski definition) is 1. The molecule has 1 fully saturated rings. The molecule has 0 bridgehead atoms. The molecule has 1 aliphatic rings. The van der Waals surface area contributed by atoms with Crippen LogP contribution in [0.1, 0.15) is 31.5 Å². The molecule has 2 rings (SSSR count). The number of aromatic hydroxyl groups is 1. The highest BCUT2D eigenvalue weighted by Crippen LogP contribution is 2.37. The Morgan fingerprint density at radius 2 is 2.36 bits per heavy atom. The first kappa shape index (κ1) is 6.64. The summed E-state index contributed by atoms with van der Waals surface area (Å²) in [6, 6.07) is 0.419. The molecule has 1 aromatic heterocycles. The van der Waals surface area contributed by atoms with Crippen LogP contribution in [0.15, 0.2) is 0 Å². The van der Waals surface area contributed by atoms with Crippen molar-refractivity contribution in [3.8, 4) is 5.88 Å². The zero-order chi connectivity index (χ0) is 7.84. The maximum atomic E-state index is 9.48. The maximum Gasteiger partial charge on any atom is 0.233 e. The SMILES string of the molecule is CCc1nnn(C2CC2)c1O. The van der Waals surface area contributed by atoms with Crippen LogP contribution in [0.5, 0.6) is 5.88 Å². The molecule has 1 N–H and O–H groups in total. The molecular formula is C7H11N3O. The van der Waals surface area contributed by atoms with Gasteiger partial charge in [-0.2, -0.15) is 0 Å². The van der Waals surface area contributed by atoms with Crippen molar-refractivity contribution in [3.05, 3.63) is 5.69 Å². The molecule has 4 heteroatoms. The Morgan fingerprint density at radius 3 is 2.82 bits per heavy atom. The summed E-state index contributed by atoms with van der Waals surface area (Å²) in [5, 5.41) is 17.2. The summed E-state index contributed by atoms with van der Waals surface area (Å²) in [4.78, 5) is 0. The van der Waals surface area contributed by atoms with Gasteiger partial charge in [0.25, 0.3) is 0 Å². The van der Waals surface area contributed by atoms with Crippen LogP contribution in [0.2, 0.25) is 0 Å². The first-order valence-corrected chi connectivity index (χ1v) is 3.96. The fourth-order valence-electron chi connectivity index (χ4n) is 1.12. The first-order valence-electron chi connectivity index (χ1n) is 3.96. The van der Waals surface area contributed by atoms with E-state index in [4.69, 9.17) is 0 Å². The van der Waals surface area contributed by atoms with Crippen LogP contribution in [0.4, 0.5) is 0 Å². The summed E-state index contributed by atoms with van der Waals surface area (Å²) in [6.45, 7) is 1.96. The molecule has 11 heavy (non-hydrogen) atoms. The van der Waals surface area contributed by atoms with Gasteiger partial charge in [-0.15, -0.1) is 5.10 Å². The molecule has 0 aromatic carbocycles. The maximum absolute atomic E-state index is 9.48. The normalized spacial score (nSPS) is 17.2. The second kappa shape index (κ2) is 2.22. The lowest BCUT2D eigenvalue weighted by atomic mass is 10.3. The topological polar surface area (TPSA) is 50.9 Å². The number of aryl methyl sites for hydroxylation is 1. The molecule has 1 aromatic rings. The average Bonchev–Trinajstić information content (AvgIpc) is 2.77. The lowest BCUT2D eigenvalue weighted by molar-refractivity contribution is 0.396. The molecule has 0 radical (unpaired) electrons. The molecule has 0 atom stereocenters. The van der Waals surface area contributed by atoms with Crippen LogP contribution in [-0.4, -0.2) is 20.1 Å². The predicted octanol–water partition coefficient (Wildman–Crippen LogP) is 0.881. The summed E-state index contributed by atoms with van der Waals surface area (Å²) in [6.07, 6.45) is 3.00. The van der Waals surface area contributed by atoms with Gasteiger partial charge in [0.05, 0.1) is 6.04 Å². The third-order valence-electron chi connectivity index (χ3n) is 1.96. The molecule has 0 amide bonds. The quantitative estimate of drug-likeness (QED) is 0.686. The molecule has 0 aliphatic heterocycles. The van der Waals surface area contributed by atoms with Crippen molar-refractivity contribution in [2.75, 3.05) is 0 Å². The lowest BCUT2D eigenvalue weighted by Gasteiger charge is -1.96. The van der Waals surface area contributed by atoms with Gasteiger partial charge in [-0.3, -0.25) is 0 Å². The Balaban J connectivity index is 2.33. The van der Waals surface area contributed by atoms with Gasteiger partial charge in [-0.05, 0) is 19.3 Å². The minimum Gasteiger partial charge on any atom is -0.492 e. The van der Waals surface area contributed by atoms with E-state index in [2.05, 4.69) is 10.3 Å². The molecule has 1 aliphatic carbocycles. The molecule has 0 saturated heterocycles. The van der Waals surface area contributed by atoms with Gasteiger partial charge < -0.3 is 5.11 Å². The van der Waals surface area contributed by atoms with Gasteiger partial charge in [-0.25, -0.2) is 4.68 Å². The summed E-state index contributed by atoms with van der Waals surface area (Å²) in [5.41, 5.74) is 0.705. The molecule has 1 heterocycles. The van der Waals surface area contributed by atoms with Crippen LogP contribution in [-0.2, 0) is 6.42 Å². The molecule has 60 valence electrons. The highest BCUT2D eigenvalue weighted by molar-refractivity contribution is 5.16. The van der Waals surface area contributed by atoms with Crippen molar-refractivity contribution in [3.63, 3.8) is 0 Å². The van der Waals surface area contributed by atoms with E-state index in [9.17, 15) is 5.11 Å². The second-order valence-corrected chi connectivity index (χ2v) is 2.89. The van der Waals surface area contributed by atoms with Crippen molar-refractivity contribution in [2.24, 2.45) is 0 Å². The Morgan fingerprint density at radius 1 is 1.64 bits per heavy atom. The Bertz CT molecular complexity index is 265. The number of rotatable bonds is 2. The number of nitrogens with zero attached hydrogens (tertiary/aromatic N) is 3. The fourth-order valence-corrected chi connectivity index (χ4v) is 1.12. The van der Waals surface area contributed by atoms with E-state index in [0.717, 1.165) is 19.3 Å². The van der Waals surface area contributed by atoms with E-state index in [0.29, 0.717) is 11.7 Å². The van der Waals surface area contributed by atoms with E-state index < -0.39 is 0 Å². The third kappa shape index (κ3) is 0.982. The third-order valence-corrected chi connectivity index (χ3v) is 1.96. The highest BCUT2D eigenvalue weighted by Gasteiger charge is 2.28. The van der Waals surface area contributed by atoms with Crippen LogP contribution >= 0.6 is 0 Å². The Labute approximate surface area is 64.8 Å². The van der Waals surface area contributed by atoms with Crippen LogP contribution < -0.4 is 0 Å². The smallest absolute Gasteiger partial charge is 0.233 e. The zero-order valence-corrected chi connectivity index (χ0v) is 6.49. The van der Waals surface area contributed by atoms with E-state index in [-0.39, 0.29) is 5.88 Å². The van der Waals surface area contributed by atoms with Gasteiger partial charge in [0, 0.05) is 0 Å². The van der Waals surface area contributed by atoms with Crippen LogP contribution in [0.3, 0.4) is 0 Å². The van der Waals surface area contributed by atoms with Crippen molar-refractivity contribution in [1.29, 1.82) is 0 Å². The summed E-state index contributed by atoms with van der Waals surface area (Å²) < 4.78 is 1.62. The predicted molar refractivity (Wildman–Crippen MR) is 39.3 cm³/mol. The summed E-state index contributed by atoms with van der Waals surface area (Å²) >= 11 is 0. The number of aromatic nitrogens is 3. The molecule has 4 nitrogen and oxygen atoms in total. The van der Waals surface area contributed by atoms with Crippen molar-refractivity contribution in [1.82, 2.24) is 15.0 Å². The van der Waals surface area contributed by atoms with Crippen LogP contribution in [0, 0.1) is 0 Å². The van der Waals surface area contributed by atoms with Crippen molar-refractivity contribution >= 4 is 0 Å².